The summed E-state index contributed by atoms with van der Waals surface area (Å²) in [5.41, 5.74) is 14.0. The van der Waals surface area contributed by atoms with Crippen molar-refractivity contribution in [1.29, 1.82) is 5.41 Å². The molecule has 3 aromatic rings. The largest absolute Gasteiger partial charge is 0.478 e. The summed E-state index contributed by atoms with van der Waals surface area (Å²) in [6, 6.07) is 12.7. The van der Waals surface area contributed by atoms with E-state index < -0.39 is 11.9 Å². The van der Waals surface area contributed by atoms with Crippen molar-refractivity contribution >= 4 is 35.0 Å². The summed E-state index contributed by atoms with van der Waals surface area (Å²) in [6.07, 6.45) is 3.64. The number of nitrogens with one attached hydrogen (secondary N) is 2. The molecule has 2 aromatic carbocycles. The topological polar surface area (TPSA) is 180 Å². The molecule has 0 saturated heterocycles. The lowest BCUT2D eigenvalue weighted by Crippen LogP contribution is -2.30. The first-order valence-electron chi connectivity index (χ1n) is 12.1. The fraction of sp³-hybridized carbons (Fsp3) is 0.259. The summed E-state index contributed by atoms with van der Waals surface area (Å²) in [6.45, 7) is 0.207. The van der Waals surface area contributed by atoms with Crippen molar-refractivity contribution in [1.82, 2.24) is 10.0 Å². The number of benzene rings is 2. The molecule has 1 heterocycles. The number of nitrogens with two attached hydrogens (primary N) is 2. The highest BCUT2D eigenvalue weighted by molar-refractivity contribution is 6.33. The Balaban J connectivity index is 1.71. The van der Waals surface area contributed by atoms with Crippen LogP contribution >= 0.6 is 11.6 Å². The number of carbonyl (C=O) groups is 2. The lowest BCUT2D eigenvalue weighted by Gasteiger charge is -2.17. The molecule has 0 aliphatic heterocycles. The highest BCUT2D eigenvalue weighted by Crippen LogP contribution is 2.33. The molecule has 10 nitrogen and oxygen atoms in total. The summed E-state index contributed by atoms with van der Waals surface area (Å²) in [7, 11) is 0. The average Bonchev–Trinajstić information content (AvgIpc) is 3.38. The van der Waals surface area contributed by atoms with E-state index in [0.717, 1.165) is 36.0 Å². The van der Waals surface area contributed by atoms with Gasteiger partial charge in [-0.25, -0.2) is 4.79 Å². The van der Waals surface area contributed by atoms with Gasteiger partial charge in [0.05, 0.1) is 28.7 Å². The minimum atomic E-state index is -1.17. The summed E-state index contributed by atoms with van der Waals surface area (Å²) in [4.78, 5) is 29.3. The molecule has 0 radical (unpaired) electrons. The van der Waals surface area contributed by atoms with Crippen LogP contribution in [-0.4, -0.2) is 38.8 Å². The monoisotopic (exact) mass is 536 g/mol. The van der Waals surface area contributed by atoms with Crippen LogP contribution in [0.15, 0.2) is 53.5 Å². The number of nitrogens with zero attached hydrogens (tertiary/aromatic N) is 2. The number of hydrogen-bond acceptors (Lipinski definition) is 6. The number of nitrogen functional groups attached to an aromatic ring is 2. The number of pyridine rings is 1. The van der Waals surface area contributed by atoms with Crippen LogP contribution in [0.5, 0.6) is 0 Å². The zero-order chi connectivity index (χ0) is 27.4. The maximum atomic E-state index is 13.0. The first-order valence-corrected chi connectivity index (χ1v) is 12.5. The van der Waals surface area contributed by atoms with Crippen LogP contribution in [0.3, 0.4) is 0 Å². The lowest BCUT2D eigenvalue weighted by molar-refractivity contribution is -0.120. The molecule has 4 rings (SSSR count). The molecule has 0 unspecified atom stereocenters. The number of aromatic nitrogens is 1. The zero-order valence-electron chi connectivity index (χ0n) is 20.6. The normalized spacial score (nSPS) is 14.0. The minimum Gasteiger partial charge on any atom is -0.478 e. The average molecular weight is 537 g/mol. The molecule has 198 valence electrons. The van der Waals surface area contributed by atoms with Crippen LogP contribution in [0.1, 0.15) is 52.9 Å². The molecule has 1 aliphatic carbocycles. The lowest BCUT2D eigenvalue weighted by atomic mass is 9.98. The van der Waals surface area contributed by atoms with Gasteiger partial charge >= 0.3 is 5.97 Å². The quantitative estimate of drug-likeness (QED) is 0.111. The van der Waals surface area contributed by atoms with Gasteiger partial charge in [0.25, 0.3) is 0 Å². The second-order valence-electron chi connectivity index (χ2n) is 9.26. The zero-order valence-corrected chi connectivity index (χ0v) is 21.3. The van der Waals surface area contributed by atoms with Crippen LogP contribution in [0.25, 0.3) is 11.1 Å². The van der Waals surface area contributed by atoms with Crippen molar-refractivity contribution < 1.29 is 19.9 Å². The minimum absolute atomic E-state index is 0.0425. The molecule has 1 fully saturated rings. The van der Waals surface area contributed by atoms with Crippen LogP contribution in [-0.2, 0) is 17.8 Å². The van der Waals surface area contributed by atoms with Crippen molar-refractivity contribution in [2.75, 3.05) is 5.73 Å². The van der Waals surface area contributed by atoms with Gasteiger partial charge < -0.3 is 27.1 Å². The van der Waals surface area contributed by atoms with Gasteiger partial charge in [-0.05, 0) is 42.2 Å². The van der Waals surface area contributed by atoms with E-state index in [1.165, 1.54) is 18.2 Å². The number of carboxylic acids is 1. The van der Waals surface area contributed by atoms with E-state index in [1.54, 1.807) is 30.3 Å². The number of anilines is 1. The smallest absolute Gasteiger partial charge is 0.335 e. The Kier molecular flexibility index (Phi) is 8.02. The molecule has 8 N–H and O–H groups in total. The van der Waals surface area contributed by atoms with E-state index in [0.29, 0.717) is 11.1 Å². The SMILES string of the molecule is N=C(N)c1ccc(CNC(=O)Cc2c(-c3cc(N)cc(C(=O)O)c3)c(Cl)cc(=NC3CCCC3)n2O)cc1. The molecular formula is C27H29ClN6O4. The molecule has 1 aliphatic rings. The summed E-state index contributed by atoms with van der Waals surface area (Å²) in [5.74, 6) is -1.62. The van der Waals surface area contributed by atoms with Gasteiger partial charge in [0.2, 0.25) is 5.91 Å². The number of hydrogen-bond donors (Lipinski definition) is 6. The van der Waals surface area contributed by atoms with Crippen molar-refractivity contribution in [3.05, 3.63) is 81.4 Å². The summed E-state index contributed by atoms with van der Waals surface area (Å²) in [5, 5.41) is 31.2. The Labute approximate surface area is 224 Å². The van der Waals surface area contributed by atoms with E-state index in [1.807, 2.05) is 0 Å². The first kappa shape index (κ1) is 26.7. The van der Waals surface area contributed by atoms with Crippen LogP contribution < -0.4 is 22.3 Å². The highest BCUT2D eigenvalue weighted by atomic mass is 35.5. The number of amidine groups is 1. The molecular weight excluding hydrogens is 508 g/mol. The van der Waals surface area contributed by atoms with E-state index in [2.05, 4.69) is 10.3 Å². The maximum absolute atomic E-state index is 13.0. The highest BCUT2D eigenvalue weighted by Gasteiger charge is 2.21. The Hall–Kier alpha value is -4.31. The standard InChI is InChI=1S/C27H29ClN6O4/c28-21-12-23(33-20-3-1-2-4-20)34(38)22(25(21)17-9-18(27(36)37)11-19(29)10-17)13-24(35)32-14-15-5-7-16(8-6-15)26(30)31/h5-12,20,38H,1-4,13-14,29H2,(H3,30,31)(H,32,35)(H,36,37). The number of carbonyl (C=O) groups excluding carboxylic acids is 1. The number of halogens is 1. The van der Waals surface area contributed by atoms with Crippen LogP contribution in [0.2, 0.25) is 5.02 Å². The van der Waals surface area contributed by atoms with Gasteiger partial charge in [0, 0.05) is 29.4 Å². The first-order chi connectivity index (χ1) is 18.1. The fourth-order valence-electron chi connectivity index (χ4n) is 4.55. The molecule has 11 heteroatoms. The summed E-state index contributed by atoms with van der Waals surface area (Å²) < 4.78 is 0.852. The second-order valence-corrected chi connectivity index (χ2v) is 9.67. The van der Waals surface area contributed by atoms with E-state index in [4.69, 9.17) is 28.5 Å². The molecule has 0 bridgehead atoms. The Bertz CT molecular complexity index is 1460. The van der Waals surface area contributed by atoms with Crippen molar-refractivity contribution in [3.63, 3.8) is 0 Å². The second kappa shape index (κ2) is 11.4. The third-order valence-electron chi connectivity index (χ3n) is 6.47. The summed E-state index contributed by atoms with van der Waals surface area (Å²) >= 11 is 6.68. The molecule has 1 aromatic heterocycles. The van der Waals surface area contributed by atoms with Crippen LogP contribution in [0.4, 0.5) is 5.69 Å². The molecule has 1 saturated carbocycles. The Morgan fingerprint density at radius 1 is 1.11 bits per heavy atom. The fourth-order valence-corrected chi connectivity index (χ4v) is 4.86. The van der Waals surface area contributed by atoms with Crippen molar-refractivity contribution in [2.45, 2.75) is 44.7 Å². The molecule has 38 heavy (non-hydrogen) atoms. The van der Waals surface area contributed by atoms with Crippen molar-refractivity contribution in [2.24, 2.45) is 10.7 Å². The number of aromatic carboxylic acids is 1. The molecule has 0 spiro atoms. The number of amides is 1. The van der Waals surface area contributed by atoms with Crippen molar-refractivity contribution in [3.8, 4) is 11.1 Å². The predicted molar refractivity (Wildman–Crippen MR) is 144 cm³/mol. The van der Waals surface area contributed by atoms with Gasteiger partial charge in [-0.15, -0.1) is 0 Å². The third-order valence-corrected chi connectivity index (χ3v) is 6.77. The van der Waals surface area contributed by atoms with E-state index in [9.17, 15) is 19.9 Å². The van der Waals surface area contributed by atoms with Gasteiger partial charge in [-0.1, -0.05) is 48.7 Å². The maximum Gasteiger partial charge on any atom is 0.335 e. The van der Waals surface area contributed by atoms with Gasteiger partial charge in [-0.2, -0.15) is 4.73 Å². The van der Waals surface area contributed by atoms with Gasteiger partial charge in [-0.3, -0.25) is 15.2 Å². The van der Waals surface area contributed by atoms with Gasteiger partial charge in [0.1, 0.15) is 5.84 Å². The Morgan fingerprint density at radius 3 is 2.42 bits per heavy atom. The van der Waals surface area contributed by atoms with E-state index >= 15 is 0 Å². The van der Waals surface area contributed by atoms with E-state index in [-0.39, 0.29) is 57.9 Å². The number of rotatable bonds is 8. The molecule has 0 atom stereocenters. The predicted octanol–water partition coefficient (Wildman–Crippen LogP) is 3.31. The Morgan fingerprint density at radius 2 is 1.79 bits per heavy atom. The van der Waals surface area contributed by atoms with Crippen LogP contribution in [0, 0.1) is 5.41 Å². The molecule has 1 amide bonds. The third kappa shape index (κ3) is 6.15. The number of carboxylic acid groups (broad SMARTS) is 1. The van der Waals surface area contributed by atoms with Gasteiger partial charge in [0.15, 0.2) is 5.49 Å².